The molecule has 0 bridgehead atoms. The molecule has 7 heteroatoms. The summed E-state index contributed by atoms with van der Waals surface area (Å²) in [6.45, 7) is 1.44. The smallest absolute Gasteiger partial charge is 0.317 e. The van der Waals surface area contributed by atoms with Gasteiger partial charge in [-0.25, -0.2) is 4.79 Å². The predicted octanol–water partition coefficient (Wildman–Crippen LogP) is 3.97. The molecular formula is C21H28N4O3. The average molecular weight is 384 g/mol. The van der Waals surface area contributed by atoms with Gasteiger partial charge in [-0.3, -0.25) is 0 Å². The molecule has 0 atom stereocenters. The van der Waals surface area contributed by atoms with E-state index in [9.17, 15) is 4.79 Å². The van der Waals surface area contributed by atoms with Crippen molar-refractivity contribution in [2.75, 3.05) is 20.2 Å². The molecule has 0 unspecified atom stereocenters. The Bertz CT molecular complexity index is 792. The summed E-state index contributed by atoms with van der Waals surface area (Å²) in [5.74, 6) is 2.20. The Morgan fingerprint density at radius 1 is 1.18 bits per heavy atom. The number of carbonyl (C=O) groups excluding carboxylic acids is 1. The minimum Gasteiger partial charge on any atom is -0.497 e. The van der Waals surface area contributed by atoms with Crippen molar-refractivity contribution in [2.45, 2.75) is 56.9 Å². The van der Waals surface area contributed by atoms with Crippen LogP contribution in [0.25, 0.3) is 11.4 Å². The molecule has 1 aliphatic carbocycles. The molecule has 0 radical (unpaired) electrons. The molecule has 1 N–H and O–H groups in total. The molecule has 2 heterocycles. The number of rotatable bonds is 4. The summed E-state index contributed by atoms with van der Waals surface area (Å²) in [5.41, 5.74) is 0.874. The van der Waals surface area contributed by atoms with Gasteiger partial charge in [-0.2, -0.15) is 4.98 Å². The van der Waals surface area contributed by atoms with E-state index >= 15 is 0 Å². The predicted molar refractivity (Wildman–Crippen MR) is 105 cm³/mol. The van der Waals surface area contributed by atoms with E-state index < -0.39 is 0 Å². The Labute approximate surface area is 165 Å². The van der Waals surface area contributed by atoms with Gasteiger partial charge in [-0.1, -0.05) is 36.6 Å². The third kappa shape index (κ3) is 4.29. The van der Waals surface area contributed by atoms with Crippen molar-refractivity contribution in [1.29, 1.82) is 0 Å². The molecule has 4 rings (SSSR count). The first-order valence-corrected chi connectivity index (χ1v) is 10.3. The van der Waals surface area contributed by atoms with Crippen molar-refractivity contribution in [3.8, 4) is 17.1 Å². The lowest BCUT2D eigenvalue weighted by atomic mass is 9.95. The Kier molecular flexibility index (Phi) is 5.78. The van der Waals surface area contributed by atoms with Crippen molar-refractivity contribution < 1.29 is 14.1 Å². The van der Waals surface area contributed by atoms with Crippen molar-refractivity contribution >= 4 is 6.03 Å². The number of nitrogens with one attached hydrogen (secondary N) is 1. The zero-order valence-electron chi connectivity index (χ0n) is 16.4. The molecule has 1 aromatic carbocycles. The largest absolute Gasteiger partial charge is 0.497 e. The molecule has 2 amide bonds. The number of benzene rings is 1. The zero-order chi connectivity index (χ0) is 19.3. The second kappa shape index (κ2) is 8.63. The first-order valence-electron chi connectivity index (χ1n) is 10.3. The van der Waals surface area contributed by atoms with E-state index in [1.54, 1.807) is 7.11 Å². The topological polar surface area (TPSA) is 80.5 Å². The van der Waals surface area contributed by atoms with E-state index in [1.807, 2.05) is 29.2 Å². The highest BCUT2D eigenvalue weighted by molar-refractivity contribution is 5.74. The number of carbonyl (C=O) groups is 1. The van der Waals surface area contributed by atoms with Crippen LogP contribution in [0.4, 0.5) is 4.79 Å². The summed E-state index contributed by atoms with van der Waals surface area (Å²) in [6.07, 6.45) is 7.64. The molecule has 7 nitrogen and oxygen atoms in total. The van der Waals surface area contributed by atoms with E-state index in [0.717, 1.165) is 50.1 Å². The Morgan fingerprint density at radius 3 is 2.71 bits per heavy atom. The van der Waals surface area contributed by atoms with Crippen LogP contribution in [-0.2, 0) is 0 Å². The second-order valence-electron chi connectivity index (χ2n) is 7.73. The standard InChI is InChI=1S/C21H28N4O3/c1-27-18-9-5-6-16(14-18)19-23-20(28-24-19)15-10-12-25(13-11-15)21(26)22-17-7-3-2-4-8-17/h5-6,9,14-15,17H,2-4,7-8,10-13H2,1H3,(H,22,26). The molecule has 150 valence electrons. The molecular weight excluding hydrogens is 356 g/mol. The van der Waals surface area contributed by atoms with Gasteiger partial charge in [-0.15, -0.1) is 0 Å². The van der Waals surface area contributed by atoms with Gasteiger partial charge in [0.1, 0.15) is 5.75 Å². The molecule has 1 aliphatic heterocycles. The maximum atomic E-state index is 12.5. The van der Waals surface area contributed by atoms with Crippen LogP contribution in [0.5, 0.6) is 5.75 Å². The number of piperidine rings is 1. The van der Waals surface area contributed by atoms with Gasteiger partial charge in [0.15, 0.2) is 0 Å². The van der Waals surface area contributed by atoms with Gasteiger partial charge in [0.05, 0.1) is 7.11 Å². The number of likely N-dealkylation sites (tertiary alicyclic amines) is 1. The number of aromatic nitrogens is 2. The summed E-state index contributed by atoms with van der Waals surface area (Å²) < 4.78 is 10.8. The van der Waals surface area contributed by atoms with Gasteiger partial charge < -0.3 is 19.5 Å². The van der Waals surface area contributed by atoms with E-state index in [1.165, 1.54) is 19.3 Å². The molecule has 2 aromatic rings. The van der Waals surface area contributed by atoms with Crippen LogP contribution in [0.1, 0.15) is 56.8 Å². The van der Waals surface area contributed by atoms with Gasteiger partial charge in [0.25, 0.3) is 0 Å². The quantitative estimate of drug-likeness (QED) is 0.863. The fourth-order valence-corrected chi connectivity index (χ4v) is 4.12. The number of hydrogen-bond donors (Lipinski definition) is 1. The number of hydrogen-bond acceptors (Lipinski definition) is 5. The fourth-order valence-electron chi connectivity index (χ4n) is 4.12. The highest BCUT2D eigenvalue weighted by Gasteiger charge is 2.28. The summed E-state index contributed by atoms with van der Waals surface area (Å²) in [6, 6.07) is 8.06. The molecule has 28 heavy (non-hydrogen) atoms. The Balaban J connectivity index is 1.32. The monoisotopic (exact) mass is 384 g/mol. The highest BCUT2D eigenvalue weighted by Crippen LogP contribution is 2.29. The van der Waals surface area contributed by atoms with Crippen LogP contribution in [0, 0.1) is 0 Å². The molecule has 2 fully saturated rings. The molecule has 1 saturated heterocycles. The van der Waals surface area contributed by atoms with Gasteiger partial charge in [0, 0.05) is 30.6 Å². The number of amides is 2. The minimum absolute atomic E-state index is 0.0768. The maximum absolute atomic E-state index is 12.5. The molecule has 2 aliphatic rings. The fraction of sp³-hybridized carbons (Fsp3) is 0.571. The van der Waals surface area contributed by atoms with E-state index in [4.69, 9.17) is 9.26 Å². The number of ether oxygens (including phenoxy) is 1. The lowest BCUT2D eigenvalue weighted by Crippen LogP contribution is -2.48. The minimum atomic E-state index is 0.0768. The third-order valence-electron chi connectivity index (χ3n) is 5.83. The van der Waals surface area contributed by atoms with Crippen molar-refractivity contribution in [1.82, 2.24) is 20.4 Å². The summed E-state index contributed by atoms with van der Waals surface area (Å²) in [4.78, 5) is 19.0. The van der Waals surface area contributed by atoms with Crippen molar-refractivity contribution in [3.05, 3.63) is 30.2 Å². The van der Waals surface area contributed by atoms with Crippen LogP contribution >= 0.6 is 0 Å². The highest BCUT2D eigenvalue weighted by atomic mass is 16.5. The Hall–Kier alpha value is -2.57. The molecule has 0 spiro atoms. The van der Waals surface area contributed by atoms with Crippen LogP contribution in [0.2, 0.25) is 0 Å². The van der Waals surface area contributed by atoms with E-state index in [0.29, 0.717) is 17.8 Å². The lowest BCUT2D eigenvalue weighted by molar-refractivity contribution is 0.169. The van der Waals surface area contributed by atoms with E-state index in [-0.39, 0.29) is 11.9 Å². The van der Waals surface area contributed by atoms with Crippen LogP contribution < -0.4 is 10.1 Å². The number of methoxy groups -OCH3 is 1. The van der Waals surface area contributed by atoms with Crippen molar-refractivity contribution in [3.63, 3.8) is 0 Å². The zero-order valence-corrected chi connectivity index (χ0v) is 16.4. The Morgan fingerprint density at radius 2 is 1.96 bits per heavy atom. The second-order valence-corrected chi connectivity index (χ2v) is 7.73. The third-order valence-corrected chi connectivity index (χ3v) is 5.83. The lowest BCUT2D eigenvalue weighted by Gasteiger charge is -2.32. The van der Waals surface area contributed by atoms with Crippen LogP contribution in [0.3, 0.4) is 0 Å². The van der Waals surface area contributed by atoms with Crippen LogP contribution in [-0.4, -0.2) is 47.3 Å². The first kappa shape index (κ1) is 18.8. The number of urea groups is 1. The normalized spacial score (nSPS) is 18.8. The molecule has 1 saturated carbocycles. The average Bonchev–Trinajstić information content (AvgIpc) is 3.25. The summed E-state index contributed by atoms with van der Waals surface area (Å²) >= 11 is 0. The summed E-state index contributed by atoms with van der Waals surface area (Å²) in [7, 11) is 1.64. The molecule has 1 aromatic heterocycles. The van der Waals surface area contributed by atoms with Gasteiger partial charge in [-0.05, 0) is 37.8 Å². The first-order chi connectivity index (χ1) is 13.7. The van der Waals surface area contributed by atoms with Crippen LogP contribution in [0.15, 0.2) is 28.8 Å². The number of nitrogens with zero attached hydrogens (tertiary/aromatic N) is 3. The SMILES string of the molecule is COc1cccc(-c2noc(C3CCN(C(=O)NC4CCCCC4)CC3)n2)c1. The summed E-state index contributed by atoms with van der Waals surface area (Å²) in [5, 5.41) is 7.34. The maximum Gasteiger partial charge on any atom is 0.317 e. The van der Waals surface area contributed by atoms with Gasteiger partial charge >= 0.3 is 6.03 Å². The van der Waals surface area contributed by atoms with Crippen molar-refractivity contribution in [2.24, 2.45) is 0 Å². The van der Waals surface area contributed by atoms with E-state index in [2.05, 4.69) is 15.5 Å². The van der Waals surface area contributed by atoms with Gasteiger partial charge in [0.2, 0.25) is 11.7 Å².